The van der Waals surface area contributed by atoms with Gasteiger partial charge in [-0.25, -0.2) is 4.98 Å². The predicted molar refractivity (Wildman–Crippen MR) is 80.4 cm³/mol. The van der Waals surface area contributed by atoms with Crippen molar-refractivity contribution in [3.63, 3.8) is 0 Å². The number of benzene rings is 1. The first-order valence-corrected chi connectivity index (χ1v) is 6.56. The van der Waals surface area contributed by atoms with Gasteiger partial charge in [0, 0.05) is 35.6 Å². The van der Waals surface area contributed by atoms with Gasteiger partial charge in [0.1, 0.15) is 5.65 Å². The van der Waals surface area contributed by atoms with Gasteiger partial charge >= 0.3 is 0 Å². The smallest absolute Gasteiger partial charge is 0.137 e. The lowest BCUT2D eigenvalue weighted by Gasteiger charge is -2.06. The van der Waals surface area contributed by atoms with Crippen molar-refractivity contribution in [2.75, 3.05) is 11.9 Å². The van der Waals surface area contributed by atoms with Crippen LogP contribution in [0.1, 0.15) is 12.5 Å². The molecule has 19 heavy (non-hydrogen) atoms. The van der Waals surface area contributed by atoms with Crippen molar-refractivity contribution in [1.82, 2.24) is 9.97 Å². The highest BCUT2D eigenvalue weighted by molar-refractivity contribution is 5.84. The van der Waals surface area contributed by atoms with Gasteiger partial charge < -0.3 is 10.3 Å². The van der Waals surface area contributed by atoms with Gasteiger partial charge in [-0.3, -0.25) is 0 Å². The molecule has 0 radical (unpaired) electrons. The molecule has 0 aliphatic rings. The minimum atomic E-state index is 0.928. The molecular weight excluding hydrogens is 234 g/mol. The lowest BCUT2D eigenvalue weighted by molar-refractivity contribution is 1.21. The summed E-state index contributed by atoms with van der Waals surface area (Å²) in [7, 11) is 0. The van der Waals surface area contributed by atoms with Crippen molar-refractivity contribution < 1.29 is 0 Å². The monoisotopic (exact) mass is 251 g/mol. The maximum Gasteiger partial charge on any atom is 0.137 e. The van der Waals surface area contributed by atoms with Crippen LogP contribution >= 0.6 is 0 Å². The minimum absolute atomic E-state index is 0.928. The molecule has 2 N–H and O–H groups in total. The summed E-state index contributed by atoms with van der Waals surface area (Å²) in [6.07, 6.45) is 3.92. The van der Waals surface area contributed by atoms with E-state index in [1.165, 1.54) is 16.5 Å². The Morgan fingerprint density at radius 2 is 2.11 bits per heavy atom. The first kappa shape index (κ1) is 11.8. The first-order chi connectivity index (χ1) is 9.28. The van der Waals surface area contributed by atoms with Gasteiger partial charge in [0.2, 0.25) is 0 Å². The van der Waals surface area contributed by atoms with Crippen molar-refractivity contribution >= 4 is 16.7 Å². The van der Waals surface area contributed by atoms with Gasteiger partial charge in [-0.2, -0.15) is 0 Å². The van der Waals surface area contributed by atoms with Crippen LogP contribution in [-0.4, -0.2) is 16.5 Å². The zero-order valence-corrected chi connectivity index (χ0v) is 11.2. The van der Waals surface area contributed by atoms with Crippen LogP contribution in [0.25, 0.3) is 22.2 Å². The number of hydrogen-bond acceptors (Lipinski definition) is 2. The third-order valence-electron chi connectivity index (χ3n) is 3.31. The third kappa shape index (κ3) is 2.19. The Kier molecular flexibility index (Phi) is 2.95. The quantitative estimate of drug-likeness (QED) is 0.739. The highest BCUT2D eigenvalue weighted by atomic mass is 14.9. The fourth-order valence-corrected chi connectivity index (χ4v) is 2.31. The van der Waals surface area contributed by atoms with Crippen molar-refractivity contribution in [3.05, 3.63) is 48.3 Å². The first-order valence-electron chi connectivity index (χ1n) is 6.56. The number of H-pyrrole nitrogens is 1. The van der Waals surface area contributed by atoms with E-state index in [1.54, 1.807) is 0 Å². The molecule has 2 heterocycles. The van der Waals surface area contributed by atoms with E-state index >= 15 is 0 Å². The molecule has 3 rings (SSSR count). The van der Waals surface area contributed by atoms with Crippen LogP contribution in [0.2, 0.25) is 0 Å². The second-order valence-corrected chi connectivity index (χ2v) is 4.70. The maximum atomic E-state index is 4.48. The highest BCUT2D eigenvalue weighted by Gasteiger charge is 2.04. The van der Waals surface area contributed by atoms with Crippen LogP contribution in [0.3, 0.4) is 0 Å². The molecule has 0 spiro atoms. The molecule has 3 aromatic rings. The highest BCUT2D eigenvalue weighted by Crippen LogP contribution is 2.26. The molecule has 0 bridgehead atoms. The van der Waals surface area contributed by atoms with E-state index in [0.29, 0.717) is 0 Å². The Labute approximate surface area is 112 Å². The minimum Gasteiger partial charge on any atom is -0.385 e. The van der Waals surface area contributed by atoms with E-state index < -0.39 is 0 Å². The maximum absolute atomic E-state index is 4.48. The fraction of sp³-hybridized carbons (Fsp3) is 0.188. The second-order valence-electron chi connectivity index (χ2n) is 4.70. The van der Waals surface area contributed by atoms with Gasteiger partial charge in [0.15, 0.2) is 0 Å². The van der Waals surface area contributed by atoms with Crippen molar-refractivity contribution in [2.24, 2.45) is 0 Å². The molecule has 1 aromatic carbocycles. The van der Waals surface area contributed by atoms with E-state index in [9.17, 15) is 0 Å². The van der Waals surface area contributed by atoms with Crippen LogP contribution in [-0.2, 0) is 0 Å². The summed E-state index contributed by atoms with van der Waals surface area (Å²) in [5.74, 6) is 0. The third-order valence-corrected chi connectivity index (χ3v) is 3.31. The molecule has 0 saturated heterocycles. The normalized spacial score (nSPS) is 10.8. The average Bonchev–Trinajstić information content (AvgIpc) is 2.81. The van der Waals surface area contributed by atoms with E-state index in [1.807, 2.05) is 12.4 Å². The van der Waals surface area contributed by atoms with Gasteiger partial charge in [-0.1, -0.05) is 12.1 Å². The molecule has 0 amide bonds. The summed E-state index contributed by atoms with van der Waals surface area (Å²) in [6, 6.07) is 10.6. The van der Waals surface area contributed by atoms with Crippen molar-refractivity contribution in [2.45, 2.75) is 13.8 Å². The number of nitrogens with zero attached hydrogens (tertiary/aromatic N) is 1. The molecule has 0 fully saturated rings. The summed E-state index contributed by atoms with van der Waals surface area (Å²) >= 11 is 0. The molecule has 0 aliphatic carbocycles. The predicted octanol–water partition coefficient (Wildman–Crippen LogP) is 3.97. The zero-order valence-electron chi connectivity index (χ0n) is 11.2. The molecule has 3 heteroatoms. The van der Waals surface area contributed by atoms with Gasteiger partial charge in [0.05, 0.1) is 0 Å². The number of hydrogen-bond donors (Lipinski definition) is 2. The number of pyridine rings is 1. The van der Waals surface area contributed by atoms with E-state index in [-0.39, 0.29) is 0 Å². The van der Waals surface area contributed by atoms with Gasteiger partial charge in [-0.05, 0) is 43.2 Å². The van der Waals surface area contributed by atoms with E-state index in [2.05, 4.69) is 59.5 Å². The summed E-state index contributed by atoms with van der Waals surface area (Å²) in [5, 5.41) is 4.52. The summed E-state index contributed by atoms with van der Waals surface area (Å²) in [5.41, 5.74) is 5.66. The molecule has 0 unspecified atom stereocenters. The molecule has 0 aliphatic heterocycles. The number of fused-ring (bicyclic) bond motifs is 1. The van der Waals surface area contributed by atoms with Crippen LogP contribution in [0, 0.1) is 6.92 Å². The van der Waals surface area contributed by atoms with Crippen molar-refractivity contribution in [1.29, 1.82) is 0 Å². The molecular formula is C16H17N3. The summed E-state index contributed by atoms with van der Waals surface area (Å²) in [6.45, 7) is 5.13. The SMILES string of the molecule is CCNc1cccc(-c2cnc3[nH]cc(C)c3c2)c1. The Morgan fingerprint density at radius 3 is 2.95 bits per heavy atom. The van der Waals surface area contributed by atoms with Gasteiger partial charge in [-0.15, -0.1) is 0 Å². The number of nitrogens with one attached hydrogen (secondary N) is 2. The molecule has 3 nitrogen and oxygen atoms in total. The Hall–Kier alpha value is -2.29. The molecule has 0 atom stereocenters. The Balaban J connectivity index is 2.07. The number of aromatic nitrogens is 2. The topological polar surface area (TPSA) is 40.7 Å². The molecule has 2 aromatic heterocycles. The second kappa shape index (κ2) is 4.76. The lowest BCUT2D eigenvalue weighted by Crippen LogP contribution is -1.96. The zero-order chi connectivity index (χ0) is 13.2. The van der Waals surface area contributed by atoms with Crippen molar-refractivity contribution in [3.8, 4) is 11.1 Å². The number of rotatable bonds is 3. The standard InChI is InChI=1S/C16H17N3/c1-3-17-14-6-4-5-12(7-14)13-8-15-11(2)9-18-16(15)19-10-13/h4-10,17H,3H2,1-2H3,(H,18,19). The summed E-state index contributed by atoms with van der Waals surface area (Å²) < 4.78 is 0. The van der Waals surface area contributed by atoms with Crippen LogP contribution in [0.5, 0.6) is 0 Å². The fourth-order valence-electron chi connectivity index (χ4n) is 2.31. The number of aryl methyl sites for hydroxylation is 1. The van der Waals surface area contributed by atoms with E-state index in [4.69, 9.17) is 0 Å². The van der Waals surface area contributed by atoms with Crippen LogP contribution in [0.15, 0.2) is 42.7 Å². The van der Waals surface area contributed by atoms with E-state index in [0.717, 1.165) is 23.4 Å². The van der Waals surface area contributed by atoms with Crippen LogP contribution < -0.4 is 5.32 Å². The molecule has 96 valence electrons. The number of aromatic amines is 1. The lowest BCUT2D eigenvalue weighted by atomic mass is 10.1. The van der Waals surface area contributed by atoms with Gasteiger partial charge in [0.25, 0.3) is 0 Å². The molecule has 0 saturated carbocycles. The number of anilines is 1. The Morgan fingerprint density at radius 1 is 1.21 bits per heavy atom. The summed E-state index contributed by atoms with van der Waals surface area (Å²) in [4.78, 5) is 7.65. The van der Waals surface area contributed by atoms with Crippen LogP contribution in [0.4, 0.5) is 5.69 Å². The Bertz CT molecular complexity index is 713. The largest absolute Gasteiger partial charge is 0.385 e. The average molecular weight is 251 g/mol.